The molecule has 0 saturated heterocycles. The second-order valence-electron chi connectivity index (χ2n) is 6.99. The molecule has 142 valence electrons. The lowest BCUT2D eigenvalue weighted by Gasteiger charge is -2.09. The normalized spacial score (nSPS) is 11.3. The van der Waals surface area contributed by atoms with Crippen LogP contribution in [0.4, 0.5) is 0 Å². The molecule has 0 fully saturated rings. The van der Waals surface area contributed by atoms with E-state index < -0.39 is 5.91 Å². The zero-order chi connectivity index (χ0) is 20.0. The average Bonchev–Trinajstić information content (AvgIpc) is 3.35. The molecule has 0 atom stereocenters. The molecule has 5 rings (SSSR count). The first-order chi connectivity index (χ1) is 14.1. The first-order valence-corrected chi connectivity index (χ1v) is 10.0. The van der Waals surface area contributed by atoms with Gasteiger partial charge in [0.05, 0.1) is 17.3 Å². The first-order valence-electron chi connectivity index (χ1n) is 9.25. The highest BCUT2D eigenvalue weighted by Gasteiger charge is 2.17. The van der Waals surface area contributed by atoms with Crippen molar-refractivity contribution in [2.75, 3.05) is 0 Å². The molecule has 5 heteroatoms. The molecule has 5 aromatic rings. The summed E-state index contributed by atoms with van der Waals surface area (Å²) in [7, 11) is 0. The van der Waals surface area contributed by atoms with Crippen LogP contribution in [-0.2, 0) is 6.54 Å². The number of hydrogen-bond donors (Lipinski definition) is 1. The molecule has 0 aliphatic rings. The predicted octanol–water partition coefficient (Wildman–Crippen LogP) is 5.96. The van der Waals surface area contributed by atoms with Gasteiger partial charge in [-0.2, -0.15) is 0 Å². The van der Waals surface area contributed by atoms with Crippen LogP contribution >= 0.6 is 15.9 Å². The van der Waals surface area contributed by atoms with Crippen molar-refractivity contribution in [1.29, 1.82) is 0 Å². The van der Waals surface area contributed by atoms with Crippen molar-refractivity contribution in [3.8, 4) is 11.3 Å². The average molecular weight is 445 g/mol. The Bertz CT molecular complexity index is 1370. The topological polar surface area (TPSA) is 61.2 Å². The summed E-state index contributed by atoms with van der Waals surface area (Å²) in [6.45, 7) is 0.670. The van der Waals surface area contributed by atoms with E-state index in [1.165, 1.54) is 0 Å². The number of aromatic nitrogens is 1. The van der Waals surface area contributed by atoms with Crippen LogP contribution in [0.2, 0.25) is 0 Å². The van der Waals surface area contributed by atoms with Gasteiger partial charge in [-0.3, -0.25) is 4.79 Å². The van der Waals surface area contributed by atoms with Crippen molar-refractivity contribution >= 4 is 43.6 Å². The smallest absolute Gasteiger partial charge is 0.249 e. The van der Waals surface area contributed by atoms with Gasteiger partial charge in [0.1, 0.15) is 5.76 Å². The van der Waals surface area contributed by atoms with E-state index in [0.717, 1.165) is 43.2 Å². The van der Waals surface area contributed by atoms with Gasteiger partial charge in [0.15, 0.2) is 0 Å². The minimum Gasteiger partial charge on any atom is -0.464 e. The number of amides is 1. The van der Waals surface area contributed by atoms with Crippen LogP contribution in [0, 0.1) is 0 Å². The number of primary amides is 1. The van der Waals surface area contributed by atoms with Gasteiger partial charge in [0.25, 0.3) is 0 Å². The summed E-state index contributed by atoms with van der Waals surface area (Å²) < 4.78 is 8.85. The van der Waals surface area contributed by atoms with Crippen LogP contribution in [0.15, 0.2) is 87.9 Å². The fourth-order valence-electron chi connectivity index (χ4n) is 3.93. The largest absolute Gasteiger partial charge is 0.464 e. The second-order valence-corrected chi connectivity index (χ2v) is 7.90. The van der Waals surface area contributed by atoms with E-state index >= 15 is 0 Å². The quantitative estimate of drug-likeness (QED) is 0.371. The second kappa shape index (κ2) is 6.94. The van der Waals surface area contributed by atoms with Crippen LogP contribution in [0.1, 0.15) is 15.9 Å². The molecule has 0 aliphatic heterocycles. The third-order valence-electron chi connectivity index (χ3n) is 5.19. The molecule has 0 saturated carbocycles. The number of halogens is 1. The Kier molecular flexibility index (Phi) is 4.25. The summed E-state index contributed by atoms with van der Waals surface area (Å²) in [5.74, 6) is 0.383. The number of carbonyl (C=O) groups excluding carboxylic acids is 1. The zero-order valence-electron chi connectivity index (χ0n) is 15.4. The molecule has 2 heterocycles. The Morgan fingerprint density at radius 2 is 1.83 bits per heavy atom. The number of fused-ring (bicyclic) bond motifs is 3. The van der Waals surface area contributed by atoms with Crippen LogP contribution in [0.3, 0.4) is 0 Å². The van der Waals surface area contributed by atoms with Crippen molar-refractivity contribution < 1.29 is 9.21 Å². The summed E-state index contributed by atoms with van der Waals surface area (Å²) in [6.07, 6.45) is 1.67. The molecular weight excluding hydrogens is 428 g/mol. The highest BCUT2D eigenvalue weighted by atomic mass is 79.9. The van der Waals surface area contributed by atoms with Crippen LogP contribution in [-0.4, -0.2) is 10.5 Å². The molecule has 2 aromatic heterocycles. The van der Waals surface area contributed by atoms with Gasteiger partial charge < -0.3 is 14.7 Å². The molecule has 0 aliphatic carbocycles. The molecule has 29 heavy (non-hydrogen) atoms. The lowest BCUT2D eigenvalue weighted by molar-refractivity contribution is 0.100. The van der Waals surface area contributed by atoms with Gasteiger partial charge in [0.2, 0.25) is 5.91 Å². The standard InChI is InChI=1S/C24H17BrN2O2/c25-17-5-1-4-15(12-17)14-27-20-7-2-6-19(24(26)28)23(20)18-10-9-16(13-21(18)27)22-8-3-11-29-22/h1-13H,14H2,(H2,26,28). The molecule has 3 aromatic carbocycles. The summed E-state index contributed by atoms with van der Waals surface area (Å²) in [6, 6.07) is 23.9. The lowest BCUT2D eigenvalue weighted by atomic mass is 10.0. The molecular formula is C24H17BrN2O2. The van der Waals surface area contributed by atoms with E-state index in [-0.39, 0.29) is 0 Å². The summed E-state index contributed by atoms with van der Waals surface area (Å²) >= 11 is 3.55. The van der Waals surface area contributed by atoms with Gasteiger partial charge in [0, 0.05) is 32.9 Å². The van der Waals surface area contributed by atoms with Crippen LogP contribution < -0.4 is 5.73 Å². The summed E-state index contributed by atoms with van der Waals surface area (Å²) in [4.78, 5) is 12.1. The van der Waals surface area contributed by atoms with Crippen molar-refractivity contribution in [1.82, 2.24) is 4.57 Å². The third-order valence-corrected chi connectivity index (χ3v) is 5.69. The van der Waals surface area contributed by atoms with Crippen molar-refractivity contribution in [3.05, 3.63) is 94.7 Å². The lowest BCUT2D eigenvalue weighted by Crippen LogP contribution is -2.11. The fraction of sp³-hybridized carbons (Fsp3) is 0.0417. The maximum Gasteiger partial charge on any atom is 0.249 e. The maximum atomic E-state index is 12.1. The first kappa shape index (κ1) is 17.8. The maximum absolute atomic E-state index is 12.1. The minimum absolute atomic E-state index is 0.424. The van der Waals surface area contributed by atoms with Gasteiger partial charge >= 0.3 is 0 Å². The summed E-state index contributed by atoms with van der Waals surface area (Å²) in [5.41, 5.74) is 10.4. The number of carbonyl (C=O) groups is 1. The van der Waals surface area contributed by atoms with E-state index in [9.17, 15) is 4.79 Å². The minimum atomic E-state index is -0.424. The van der Waals surface area contributed by atoms with Crippen LogP contribution in [0.25, 0.3) is 33.1 Å². The number of nitrogens with zero attached hydrogens (tertiary/aromatic N) is 1. The van der Waals surface area contributed by atoms with E-state index in [4.69, 9.17) is 10.2 Å². The third kappa shape index (κ3) is 3.04. The van der Waals surface area contributed by atoms with E-state index in [1.54, 1.807) is 12.3 Å². The van der Waals surface area contributed by atoms with E-state index in [0.29, 0.717) is 12.1 Å². The fourth-order valence-corrected chi connectivity index (χ4v) is 4.38. The molecule has 2 N–H and O–H groups in total. The van der Waals surface area contributed by atoms with Crippen molar-refractivity contribution in [2.45, 2.75) is 6.54 Å². The molecule has 1 amide bonds. The molecule has 4 nitrogen and oxygen atoms in total. The van der Waals surface area contributed by atoms with Gasteiger partial charge in [-0.15, -0.1) is 0 Å². The Hall–Kier alpha value is -3.31. The number of benzene rings is 3. The highest BCUT2D eigenvalue weighted by Crippen LogP contribution is 2.35. The van der Waals surface area contributed by atoms with Gasteiger partial charge in [-0.25, -0.2) is 0 Å². The molecule has 0 unspecified atom stereocenters. The summed E-state index contributed by atoms with van der Waals surface area (Å²) in [5, 5.41) is 1.88. The predicted molar refractivity (Wildman–Crippen MR) is 119 cm³/mol. The SMILES string of the molecule is NC(=O)c1cccc2c1c1ccc(-c3ccco3)cc1n2Cc1cccc(Br)c1. The Morgan fingerprint density at radius 3 is 2.59 bits per heavy atom. The molecule has 0 spiro atoms. The number of furan rings is 1. The van der Waals surface area contributed by atoms with Crippen LogP contribution in [0.5, 0.6) is 0 Å². The van der Waals surface area contributed by atoms with E-state index in [2.05, 4.69) is 38.7 Å². The van der Waals surface area contributed by atoms with Gasteiger partial charge in [-0.1, -0.05) is 46.3 Å². The number of hydrogen-bond acceptors (Lipinski definition) is 2. The molecule has 0 bridgehead atoms. The van der Waals surface area contributed by atoms with Crippen molar-refractivity contribution in [2.24, 2.45) is 5.73 Å². The van der Waals surface area contributed by atoms with E-state index in [1.807, 2.05) is 48.5 Å². The van der Waals surface area contributed by atoms with Gasteiger partial charge in [-0.05, 0) is 48.0 Å². The monoisotopic (exact) mass is 444 g/mol. The number of rotatable bonds is 4. The zero-order valence-corrected chi connectivity index (χ0v) is 17.0. The Morgan fingerprint density at radius 1 is 0.966 bits per heavy atom. The van der Waals surface area contributed by atoms with Crippen molar-refractivity contribution in [3.63, 3.8) is 0 Å². The number of nitrogens with two attached hydrogens (primary N) is 1. The Labute approximate surface area is 175 Å². The highest BCUT2D eigenvalue weighted by molar-refractivity contribution is 9.10. The molecule has 0 radical (unpaired) electrons. The Balaban J connectivity index is 1.82.